The minimum atomic E-state index is -0.535. The average Bonchev–Trinajstić information content (AvgIpc) is 2.61. The number of carbonyl (C=O) groups is 2. The Morgan fingerprint density at radius 1 is 1.23 bits per heavy atom. The third-order valence-electron chi connectivity index (χ3n) is 4.52. The minimum absolute atomic E-state index is 0.0330. The van der Waals surface area contributed by atoms with Crippen LogP contribution in [0.1, 0.15) is 37.8 Å². The van der Waals surface area contributed by atoms with Crippen LogP contribution in [0.3, 0.4) is 0 Å². The Morgan fingerprint density at radius 2 is 2.00 bits per heavy atom. The van der Waals surface area contributed by atoms with Crippen molar-refractivity contribution >= 4 is 23.2 Å². The van der Waals surface area contributed by atoms with Gasteiger partial charge in [0, 0.05) is 12.1 Å². The first kappa shape index (κ1) is 18.0. The molecule has 2 amide bonds. The van der Waals surface area contributed by atoms with Crippen LogP contribution in [0, 0.1) is 6.92 Å². The molecule has 1 heterocycles. The second-order valence-corrected chi connectivity index (χ2v) is 6.59. The van der Waals surface area contributed by atoms with E-state index >= 15 is 0 Å². The summed E-state index contributed by atoms with van der Waals surface area (Å²) in [6.07, 6.45) is 0.721. The number of benzene rings is 2. The molecule has 1 aliphatic heterocycles. The molecule has 0 bridgehead atoms. The zero-order valence-electron chi connectivity index (χ0n) is 15.4. The smallest absolute Gasteiger partial charge is 0.268 e. The maximum absolute atomic E-state index is 12.8. The highest BCUT2D eigenvalue weighted by Gasteiger charge is 2.32. The summed E-state index contributed by atoms with van der Waals surface area (Å²) in [4.78, 5) is 26.4. The van der Waals surface area contributed by atoms with Gasteiger partial charge in [-0.3, -0.25) is 9.59 Å². The Labute approximate surface area is 154 Å². The van der Waals surface area contributed by atoms with Crippen molar-refractivity contribution in [2.75, 3.05) is 10.2 Å². The third kappa shape index (κ3) is 3.72. The van der Waals surface area contributed by atoms with Gasteiger partial charge in [0.1, 0.15) is 5.75 Å². The van der Waals surface area contributed by atoms with Crippen molar-refractivity contribution in [2.45, 2.75) is 46.3 Å². The van der Waals surface area contributed by atoms with Crippen LogP contribution in [0.15, 0.2) is 42.5 Å². The molecule has 1 unspecified atom stereocenters. The lowest BCUT2D eigenvalue weighted by atomic mass is 10.1. The number of amides is 2. The van der Waals surface area contributed by atoms with Gasteiger partial charge in [-0.25, -0.2) is 0 Å². The second-order valence-electron chi connectivity index (χ2n) is 6.59. The maximum atomic E-state index is 12.8. The zero-order valence-corrected chi connectivity index (χ0v) is 15.4. The fourth-order valence-electron chi connectivity index (χ4n) is 3.06. The first-order valence-corrected chi connectivity index (χ1v) is 8.96. The number of nitrogens with zero attached hydrogens (tertiary/aromatic N) is 1. The van der Waals surface area contributed by atoms with Gasteiger partial charge in [-0.2, -0.15) is 0 Å². The van der Waals surface area contributed by atoms with Gasteiger partial charge < -0.3 is 15.0 Å². The van der Waals surface area contributed by atoms with Crippen molar-refractivity contribution in [3.8, 4) is 5.75 Å². The molecule has 136 valence electrons. The number of nitrogens with one attached hydrogen (secondary N) is 1. The van der Waals surface area contributed by atoms with Crippen molar-refractivity contribution < 1.29 is 14.3 Å². The van der Waals surface area contributed by atoms with Gasteiger partial charge in [-0.15, -0.1) is 0 Å². The topological polar surface area (TPSA) is 58.6 Å². The number of hydrogen-bond donors (Lipinski definition) is 1. The molecular formula is C21H24N2O3. The lowest BCUT2D eigenvalue weighted by molar-refractivity contribution is -0.125. The van der Waals surface area contributed by atoms with Crippen LogP contribution >= 0.6 is 0 Å². The molecule has 0 saturated carbocycles. The summed E-state index contributed by atoms with van der Waals surface area (Å²) in [5, 5.41) is 2.88. The van der Waals surface area contributed by atoms with Gasteiger partial charge in [0.25, 0.3) is 5.91 Å². The highest BCUT2D eigenvalue weighted by atomic mass is 16.5. The molecule has 1 aliphatic rings. The van der Waals surface area contributed by atoms with Gasteiger partial charge in [0.05, 0.1) is 12.2 Å². The molecule has 0 spiro atoms. The summed E-state index contributed by atoms with van der Waals surface area (Å²) in [7, 11) is 0. The minimum Gasteiger partial charge on any atom is -0.479 e. The Morgan fingerprint density at radius 3 is 2.73 bits per heavy atom. The Balaban J connectivity index is 1.94. The summed E-state index contributed by atoms with van der Waals surface area (Å²) < 4.78 is 5.75. The highest BCUT2D eigenvalue weighted by Crippen LogP contribution is 2.37. The molecule has 2 aromatic rings. The van der Waals surface area contributed by atoms with E-state index in [1.54, 1.807) is 17.9 Å². The Bertz CT molecular complexity index is 832. The summed E-state index contributed by atoms with van der Waals surface area (Å²) in [6.45, 7) is 6.22. The lowest BCUT2D eigenvalue weighted by Gasteiger charge is -2.33. The van der Waals surface area contributed by atoms with E-state index in [4.69, 9.17) is 4.74 Å². The summed E-state index contributed by atoms with van der Waals surface area (Å²) in [5.74, 6) is 0.534. The van der Waals surface area contributed by atoms with Crippen molar-refractivity contribution in [1.82, 2.24) is 0 Å². The van der Waals surface area contributed by atoms with Gasteiger partial charge in [0.15, 0.2) is 6.10 Å². The lowest BCUT2D eigenvalue weighted by Crippen LogP contribution is -2.44. The van der Waals surface area contributed by atoms with E-state index in [-0.39, 0.29) is 11.8 Å². The number of rotatable bonds is 5. The third-order valence-corrected chi connectivity index (χ3v) is 4.52. The van der Waals surface area contributed by atoms with Crippen LogP contribution in [0.25, 0.3) is 0 Å². The van der Waals surface area contributed by atoms with Gasteiger partial charge >= 0.3 is 0 Å². The van der Waals surface area contributed by atoms with Crippen molar-refractivity contribution in [2.24, 2.45) is 0 Å². The zero-order chi connectivity index (χ0) is 18.7. The molecule has 0 fully saturated rings. The number of carbonyl (C=O) groups excluding carboxylic acids is 2. The van der Waals surface area contributed by atoms with Crippen LogP contribution in [0.2, 0.25) is 0 Å². The number of fused-ring (bicyclic) bond motifs is 1. The van der Waals surface area contributed by atoms with E-state index in [1.165, 1.54) is 0 Å². The number of aryl methyl sites for hydroxylation is 1. The van der Waals surface area contributed by atoms with E-state index in [9.17, 15) is 9.59 Å². The number of hydrogen-bond acceptors (Lipinski definition) is 3. The van der Waals surface area contributed by atoms with E-state index in [0.717, 1.165) is 17.5 Å². The second kappa shape index (κ2) is 7.60. The molecule has 1 atom stereocenters. The molecule has 0 radical (unpaired) electrons. The molecule has 0 aromatic heterocycles. The predicted octanol–water partition coefficient (Wildman–Crippen LogP) is 4.05. The van der Waals surface area contributed by atoms with Crippen LogP contribution < -0.4 is 15.0 Å². The van der Waals surface area contributed by atoms with E-state index < -0.39 is 6.10 Å². The Hall–Kier alpha value is -2.82. The average molecular weight is 352 g/mol. The molecule has 5 heteroatoms. The Kier molecular flexibility index (Phi) is 5.26. The first-order chi connectivity index (χ1) is 12.5. The van der Waals surface area contributed by atoms with Crippen LogP contribution in [0.4, 0.5) is 11.4 Å². The molecule has 3 rings (SSSR count). The van der Waals surface area contributed by atoms with Crippen molar-refractivity contribution in [1.29, 1.82) is 0 Å². The number of ether oxygens (including phenoxy) is 1. The van der Waals surface area contributed by atoms with Crippen molar-refractivity contribution in [3.05, 3.63) is 53.6 Å². The molecule has 1 N–H and O–H groups in total. The fraction of sp³-hybridized carbons (Fsp3) is 0.333. The fourth-order valence-corrected chi connectivity index (χ4v) is 3.06. The van der Waals surface area contributed by atoms with Gasteiger partial charge in [-0.05, 0) is 49.6 Å². The van der Waals surface area contributed by atoms with E-state index in [2.05, 4.69) is 5.32 Å². The SMILES string of the molecule is CCCC(=O)Nc1ccc2c(c1)N(Cc1ccccc1C)C(=O)C(C)O2. The summed E-state index contributed by atoms with van der Waals surface area (Å²) in [6, 6.07) is 13.4. The summed E-state index contributed by atoms with van der Waals surface area (Å²) in [5.41, 5.74) is 3.57. The van der Waals surface area contributed by atoms with Gasteiger partial charge in [-0.1, -0.05) is 31.2 Å². The molecule has 5 nitrogen and oxygen atoms in total. The molecule has 0 aliphatic carbocycles. The summed E-state index contributed by atoms with van der Waals surface area (Å²) >= 11 is 0. The standard InChI is InChI=1S/C21H24N2O3/c1-4-7-20(24)22-17-10-11-19-18(12-17)23(21(25)15(3)26-19)13-16-9-6-5-8-14(16)2/h5-6,8-12,15H,4,7,13H2,1-3H3,(H,22,24). The van der Waals surface area contributed by atoms with Crippen LogP contribution in [0.5, 0.6) is 5.75 Å². The van der Waals surface area contributed by atoms with Crippen LogP contribution in [-0.2, 0) is 16.1 Å². The highest BCUT2D eigenvalue weighted by molar-refractivity contribution is 6.01. The molecular weight excluding hydrogens is 328 g/mol. The predicted molar refractivity (Wildman–Crippen MR) is 102 cm³/mol. The number of anilines is 2. The molecule has 26 heavy (non-hydrogen) atoms. The molecule has 2 aromatic carbocycles. The van der Waals surface area contributed by atoms with E-state index in [1.807, 2.05) is 50.2 Å². The largest absolute Gasteiger partial charge is 0.479 e. The first-order valence-electron chi connectivity index (χ1n) is 8.96. The molecule has 0 saturated heterocycles. The normalized spacial score (nSPS) is 16.0. The van der Waals surface area contributed by atoms with E-state index in [0.29, 0.717) is 30.1 Å². The van der Waals surface area contributed by atoms with Gasteiger partial charge in [0.2, 0.25) is 5.91 Å². The monoisotopic (exact) mass is 352 g/mol. The quantitative estimate of drug-likeness (QED) is 0.883. The van der Waals surface area contributed by atoms with Crippen LogP contribution in [-0.4, -0.2) is 17.9 Å². The maximum Gasteiger partial charge on any atom is 0.268 e. The van der Waals surface area contributed by atoms with Crippen molar-refractivity contribution in [3.63, 3.8) is 0 Å².